The number of carboxylic acid groups (broad SMARTS) is 1. The lowest BCUT2D eigenvalue weighted by molar-refractivity contribution is -0.137. The van der Waals surface area contributed by atoms with Crippen LogP contribution in [0.25, 0.3) is 0 Å². The van der Waals surface area contributed by atoms with Crippen molar-refractivity contribution in [1.82, 2.24) is 5.32 Å². The van der Waals surface area contributed by atoms with Gasteiger partial charge in [-0.2, -0.15) is 0 Å². The van der Waals surface area contributed by atoms with Gasteiger partial charge in [0.25, 0.3) is 5.91 Å². The molecule has 0 heterocycles. The molecular weight excluding hydrogens is 340 g/mol. The van der Waals surface area contributed by atoms with Crippen molar-refractivity contribution < 1.29 is 19.1 Å². The van der Waals surface area contributed by atoms with Crippen LogP contribution in [0.15, 0.2) is 18.2 Å². The lowest BCUT2D eigenvalue weighted by Gasteiger charge is -2.12. The number of carbonyl (C=O) groups excluding carboxylic acids is 1. The summed E-state index contributed by atoms with van der Waals surface area (Å²) in [4.78, 5) is 22.2. The highest BCUT2D eigenvalue weighted by atomic mass is 127. The van der Waals surface area contributed by atoms with Crippen molar-refractivity contribution in [1.29, 1.82) is 0 Å². The van der Waals surface area contributed by atoms with E-state index in [0.29, 0.717) is 9.13 Å². The molecule has 1 atom stereocenters. The second-order valence-corrected chi connectivity index (χ2v) is 4.76. The number of aliphatic carboxylic acids is 1. The molecule has 1 unspecified atom stereocenters. The van der Waals surface area contributed by atoms with E-state index in [-0.39, 0.29) is 6.42 Å². The first-order valence-electron chi connectivity index (χ1n) is 4.88. The predicted molar refractivity (Wildman–Crippen MR) is 68.3 cm³/mol. The number of hydrogen-bond donors (Lipinski definition) is 2. The van der Waals surface area contributed by atoms with Crippen LogP contribution in [0.4, 0.5) is 4.39 Å². The monoisotopic (exact) mass is 351 g/mol. The van der Waals surface area contributed by atoms with Crippen molar-refractivity contribution in [3.05, 3.63) is 33.1 Å². The van der Waals surface area contributed by atoms with Crippen molar-refractivity contribution in [3.63, 3.8) is 0 Å². The maximum absolute atomic E-state index is 12.8. The Bertz CT molecular complexity index is 450. The van der Waals surface area contributed by atoms with E-state index in [1.165, 1.54) is 18.2 Å². The summed E-state index contributed by atoms with van der Waals surface area (Å²) in [6.07, 6.45) is -0.149. The number of rotatable bonds is 4. The van der Waals surface area contributed by atoms with Gasteiger partial charge in [0.05, 0.1) is 12.0 Å². The molecule has 17 heavy (non-hydrogen) atoms. The van der Waals surface area contributed by atoms with E-state index in [1.54, 1.807) is 6.92 Å². The highest BCUT2D eigenvalue weighted by Gasteiger charge is 2.14. The normalized spacial score (nSPS) is 11.9. The zero-order valence-electron chi connectivity index (χ0n) is 9.04. The third kappa shape index (κ3) is 4.29. The molecule has 6 heteroatoms. The number of nitrogens with one attached hydrogen (secondary N) is 1. The third-order valence-electron chi connectivity index (χ3n) is 2.03. The van der Waals surface area contributed by atoms with Crippen molar-refractivity contribution in [2.24, 2.45) is 0 Å². The van der Waals surface area contributed by atoms with Crippen molar-refractivity contribution in [3.8, 4) is 0 Å². The maximum atomic E-state index is 12.8. The largest absolute Gasteiger partial charge is 0.481 e. The molecule has 0 radical (unpaired) electrons. The molecule has 1 aromatic rings. The van der Waals surface area contributed by atoms with Crippen LogP contribution in [0.3, 0.4) is 0 Å². The molecule has 0 aliphatic heterocycles. The van der Waals surface area contributed by atoms with Gasteiger partial charge in [0.1, 0.15) is 5.82 Å². The van der Waals surface area contributed by atoms with E-state index < -0.39 is 23.7 Å². The highest BCUT2D eigenvalue weighted by Crippen LogP contribution is 2.14. The van der Waals surface area contributed by atoms with E-state index in [9.17, 15) is 14.0 Å². The van der Waals surface area contributed by atoms with E-state index in [2.05, 4.69) is 5.32 Å². The van der Waals surface area contributed by atoms with Gasteiger partial charge < -0.3 is 10.4 Å². The summed E-state index contributed by atoms with van der Waals surface area (Å²) < 4.78 is 13.3. The Labute approximate surface area is 111 Å². The topological polar surface area (TPSA) is 66.4 Å². The van der Waals surface area contributed by atoms with Gasteiger partial charge in [-0.05, 0) is 47.7 Å². The molecular formula is C11H11FINO3. The van der Waals surface area contributed by atoms with Crippen LogP contribution in [-0.4, -0.2) is 23.0 Å². The summed E-state index contributed by atoms with van der Waals surface area (Å²) in [6, 6.07) is 3.34. The second kappa shape index (κ2) is 5.95. The first-order valence-corrected chi connectivity index (χ1v) is 5.95. The molecule has 0 aliphatic carbocycles. The summed E-state index contributed by atoms with van der Waals surface area (Å²) in [6.45, 7) is 1.60. The van der Waals surface area contributed by atoms with Crippen molar-refractivity contribution in [2.45, 2.75) is 19.4 Å². The van der Waals surface area contributed by atoms with Gasteiger partial charge in [-0.1, -0.05) is 0 Å². The van der Waals surface area contributed by atoms with Crippen LogP contribution in [0.5, 0.6) is 0 Å². The second-order valence-electron chi connectivity index (χ2n) is 3.60. The predicted octanol–water partition coefficient (Wildman–Crippen LogP) is 2.02. The van der Waals surface area contributed by atoms with E-state index in [0.717, 1.165) is 0 Å². The third-order valence-corrected chi connectivity index (χ3v) is 2.93. The molecule has 0 spiro atoms. The fourth-order valence-corrected chi connectivity index (χ4v) is 2.01. The number of amides is 1. The molecule has 92 valence electrons. The van der Waals surface area contributed by atoms with Gasteiger partial charge in [0.2, 0.25) is 0 Å². The highest BCUT2D eigenvalue weighted by molar-refractivity contribution is 14.1. The Kier molecular flexibility index (Phi) is 4.86. The minimum atomic E-state index is -0.980. The van der Waals surface area contributed by atoms with Gasteiger partial charge in [0.15, 0.2) is 0 Å². The van der Waals surface area contributed by atoms with Crippen LogP contribution >= 0.6 is 22.6 Å². The number of halogens is 2. The van der Waals surface area contributed by atoms with Crippen molar-refractivity contribution in [2.75, 3.05) is 0 Å². The van der Waals surface area contributed by atoms with Crippen LogP contribution in [0.1, 0.15) is 23.7 Å². The quantitative estimate of drug-likeness (QED) is 0.816. The van der Waals surface area contributed by atoms with E-state index in [4.69, 9.17) is 5.11 Å². The molecule has 0 bridgehead atoms. The SMILES string of the molecule is CC(CC(=O)O)NC(=O)c1ccc(F)cc1I. The molecule has 0 aliphatic rings. The molecule has 0 fully saturated rings. The Morgan fingerprint density at radius 2 is 2.18 bits per heavy atom. The maximum Gasteiger partial charge on any atom is 0.305 e. The first-order chi connectivity index (χ1) is 7.90. The minimum Gasteiger partial charge on any atom is -0.481 e. The van der Waals surface area contributed by atoms with Gasteiger partial charge >= 0.3 is 5.97 Å². The Morgan fingerprint density at radius 3 is 2.71 bits per heavy atom. The van der Waals surface area contributed by atoms with Crippen molar-refractivity contribution >= 4 is 34.5 Å². The van der Waals surface area contributed by atoms with Crippen LogP contribution in [-0.2, 0) is 4.79 Å². The average molecular weight is 351 g/mol. The number of benzene rings is 1. The molecule has 1 rings (SSSR count). The van der Waals surface area contributed by atoms with Crippen LogP contribution in [0.2, 0.25) is 0 Å². The van der Waals surface area contributed by atoms with Crippen LogP contribution in [0, 0.1) is 9.39 Å². The Hall–Kier alpha value is -1.18. The Balaban J connectivity index is 2.73. The molecule has 0 aromatic heterocycles. The summed E-state index contributed by atoms with van der Waals surface area (Å²) in [5.74, 6) is -1.79. The summed E-state index contributed by atoms with van der Waals surface area (Å²) >= 11 is 1.86. The molecule has 1 aromatic carbocycles. The fourth-order valence-electron chi connectivity index (χ4n) is 1.29. The Morgan fingerprint density at radius 1 is 1.53 bits per heavy atom. The zero-order valence-corrected chi connectivity index (χ0v) is 11.2. The minimum absolute atomic E-state index is 0.149. The van der Waals surface area contributed by atoms with Crippen LogP contribution < -0.4 is 5.32 Å². The lowest BCUT2D eigenvalue weighted by Crippen LogP contribution is -2.34. The van der Waals surface area contributed by atoms with E-state index >= 15 is 0 Å². The smallest absolute Gasteiger partial charge is 0.305 e. The molecule has 2 N–H and O–H groups in total. The molecule has 0 saturated heterocycles. The van der Waals surface area contributed by atoms with Gasteiger partial charge in [0, 0.05) is 9.61 Å². The average Bonchev–Trinajstić information content (AvgIpc) is 2.15. The number of carboxylic acids is 1. The molecule has 4 nitrogen and oxygen atoms in total. The fraction of sp³-hybridized carbons (Fsp3) is 0.273. The summed E-state index contributed by atoms with van der Waals surface area (Å²) in [5.41, 5.74) is 0.337. The summed E-state index contributed by atoms with van der Waals surface area (Å²) in [5, 5.41) is 11.1. The van der Waals surface area contributed by atoms with E-state index in [1.807, 2.05) is 22.6 Å². The number of carbonyl (C=O) groups is 2. The molecule has 0 saturated carbocycles. The van der Waals surface area contributed by atoms with Gasteiger partial charge in [-0.15, -0.1) is 0 Å². The first kappa shape index (κ1) is 13.9. The number of hydrogen-bond acceptors (Lipinski definition) is 2. The van der Waals surface area contributed by atoms with Gasteiger partial charge in [-0.25, -0.2) is 4.39 Å². The summed E-state index contributed by atoms with van der Waals surface area (Å²) in [7, 11) is 0. The molecule has 1 amide bonds. The lowest BCUT2D eigenvalue weighted by atomic mass is 10.2. The zero-order chi connectivity index (χ0) is 13.0. The standard InChI is InChI=1S/C11H11FINO3/c1-6(4-10(15)16)14-11(17)8-3-2-7(12)5-9(8)13/h2-3,5-6H,4H2,1H3,(H,14,17)(H,15,16). The van der Waals surface area contributed by atoms with Gasteiger partial charge in [-0.3, -0.25) is 9.59 Å².